The highest BCUT2D eigenvalue weighted by Crippen LogP contribution is 2.25. The van der Waals surface area contributed by atoms with Crippen molar-refractivity contribution in [1.82, 2.24) is 15.2 Å². The standard InChI is InChI=1S/C13H23N5OS/c1-3-15-13-17-11(14)10(20-13)12(19)16-9-6-5-7-18(4-2)8-9/h9H,3-8,14H2,1-2H3,(H,15,17)(H,16,19). The molecule has 6 nitrogen and oxygen atoms in total. The number of nitrogens with two attached hydrogens (primary N) is 1. The van der Waals surface area contributed by atoms with Gasteiger partial charge in [0.15, 0.2) is 5.13 Å². The number of anilines is 2. The van der Waals surface area contributed by atoms with Crippen molar-refractivity contribution in [2.75, 3.05) is 37.2 Å². The summed E-state index contributed by atoms with van der Waals surface area (Å²) in [6, 6.07) is 0.209. The molecule has 0 aromatic carbocycles. The molecular weight excluding hydrogens is 274 g/mol. The fourth-order valence-electron chi connectivity index (χ4n) is 2.43. The van der Waals surface area contributed by atoms with Gasteiger partial charge in [0.2, 0.25) is 0 Å². The number of likely N-dealkylation sites (N-methyl/N-ethyl adjacent to an activating group) is 1. The molecule has 1 saturated heterocycles. The Balaban J connectivity index is 1.97. The molecule has 1 aromatic heterocycles. The van der Waals surface area contributed by atoms with E-state index >= 15 is 0 Å². The predicted molar refractivity (Wildman–Crippen MR) is 83.3 cm³/mol. The third-order valence-corrected chi connectivity index (χ3v) is 4.50. The molecule has 7 heteroatoms. The van der Waals surface area contributed by atoms with Crippen molar-refractivity contribution in [3.63, 3.8) is 0 Å². The maximum atomic E-state index is 12.3. The minimum Gasteiger partial charge on any atom is -0.382 e. The van der Waals surface area contributed by atoms with E-state index in [2.05, 4.69) is 27.4 Å². The van der Waals surface area contributed by atoms with E-state index in [0.29, 0.717) is 15.8 Å². The molecule has 0 spiro atoms. The zero-order valence-corrected chi connectivity index (χ0v) is 12.9. The Morgan fingerprint density at radius 1 is 1.55 bits per heavy atom. The lowest BCUT2D eigenvalue weighted by molar-refractivity contribution is 0.0910. The van der Waals surface area contributed by atoms with E-state index < -0.39 is 0 Å². The third kappa shape index (κ3) is 3.61. The van der Waals surface area contributed by atoms with Gasteiger partial charge in [-0.05, 0) is 32.9 Å². The molecule has 1 aliphatic heterocycles. The van der Waals surface area contributed by atoms with Crippen molar-refractivity contribution in [3.8, 4) is 0 Å². The number of thiazole rings is 1. The number of aromatic nitrogens is 1. The third-order valence-electron chi connectivity index (χ3n) is 3.48. The van der Waals surface area contributed by atoms with Gasteiger partial charge in [-0.1, -0.05) is 18.3 Å². The Morgan fingerprint density at radius 3 is 3.05 bits per heavy atom. The minimum absolute atomic E-state index is 0.105. The van der Waals surface area contributed by atoms with Crippen LogP contribution >= 0.6 is 11.3 Å². The summed E-state index contributed by atoms with van der Waals surface area (Å²) in [6.07, 6.45) is 2.15. The van der Waals surface area contributed by atoms with Crippen LogP contribution in [-0.2, 0) is 0 Å². The number of nitrogen functional groups attached to an aromatic ring is 1. The largest absolute Gasteiger partial charge is 0.382 e. The molecule has 0 saturated carbocycles. The lowest BCUT2D eigenvalue weighted by Crippen LogP contribution is -2.47. The summed E-state index contributed by atoms with van der Waals surface area (Å²) in [5.74, 6) is 0.207. The van der Waals surface area contributed by atoms with E-state index in [-0.39, 0.29) is 11.9 Å². The second-order valence-corrected chi connectivity index (χ2v) is 5.97. The summed E-state index contributed by atoms with van der Waals surface area (Å²) in [5, 5.41) is 6.86. The summed E-state index contributed by atoms with van der Waals surface area (Å²) in [4.78, 5) is 19.3. The Labute approximate surface area is 123 Å². The number of carbonyl (C=O) groups is 1. The first-order chi connectivity index (χ1) is 9.63. The summed E-state index contributed by atoms with van der Waals surface area (Å²) in [5.41, 5.74) is 5.82. The fourth-order valence-corrected chi connectivity index (χ4v) is 3.29. The average Bonchev–Trinajstić information content (AvgIpc) is 2.80. The summed E-state index contributed by atoms with van der Waals surface area (Å²) in [6.45, 7) is 7.96. The van der Waals surface area contributed by atoms with Crippen LogP contribution in [0.1, 0.15) is 36.4 Å². The number of amides is 1. The first kappa shape index (κ1) is 15.1. The maximum Gasteiger partial charge on any atom is 0.265 e. The Bertz CT molecular complexity index is 462. The van der Waals surface area contributed by atoms with Gasteiger partial charge in [0.25, 0.3) is 5.91 Å². The van der Waals surface area contributed by atoms with Crippen LogP contribution in [0, 0.1) is 0 Å². The Hall–Kier alpha value is -1.34. The monoisotopic (exact) mass is 297 g/mol. The quantitative estimate of drug-likeness (QED) is 0.764. The molecule has 4 N–H and O–H groups in total. The number of hydrogen-bond acceptors (Lipinski definition) is 6. The normalized spacial score (nSPS) is 19.8. The van der Waals surface area contributed by atoms with Gasteiger partial charge in [-0.25, -0.2) is 4.98 Å². The smallest absolute Gasteiger partial charge is 0.265 e. The molecule has 0 bridgehead atoms. The van der Waals surface area contributed by atoms with Crippen molar-refractivity contribution in [1.29, 1.82) is 0 Å². The molecule has 1 atom stereocenters. The summed E-state index contributed by atoms with van der Waals surface area (Å²) in [7, 11) is 0. The highest BCUT2D eigenvalue weighted by atomic mass is 32.1. The van der Waals surface area contributed by atoms with Crippen LogP contribution in [0.4, 0.5) is 10.9 Å². The average molecular weight is 297 g/mol. The first-order valence-corrected chi connectivity index (χ1v) is 7.99. The van der Waals surface area contributed by atoms with E-state index in [0.717, 1.165) is 39.0 Å². The van der Waals surface area contributed by atoms with Gasteiger partial charge in [-0.15, -0.1) is 0 Å². The second-order valence-electron chi connectivity index (χ2n) is 4.97. The van der Waals surface area contributed by atoms with Gasteiger partial charge in [-0.2, -0.15) is 0 Å². The Morgan fingerprint density at radius 2 is 2.35 bits per heavy atom. The first-order valence-electron chi connectivity index (χ1n) is 7.17. The highest BCUT2D eigenvalue weighted by Gasteiger charge is 2.23. The van der Waals surface area contributed by atoms with Gasteiger partial charge < -0.3 is 21.3 Å². The number of piperidine rings is 1. The van der Waals surface area contributed by atoms with Gasteiger partial charge in [0.05, 0.1) is 0 Å². The van der Waals surface area contributed by atoms with Crippen molar-refractivity contribution in [2.45, 2.75) is 32.7 Å². The zero-order chi connectivity index (χ0) is 14.5. The van der Waals surface area contributed by atoms with Gasteiger partial charge in [0.1, 0.15) is 10.7 Å². The molecule has 1 aromatic rings. The number of nitrogens with zero attached hydrogens (tertiary/aromatic N) is 2. The van der Waals surface area contributed by atoms with Crippen molar-refractivity contribution < 1.29 is 4.79 Å². The van der Waals surface area contributed by atoms with Gasteiger partial charge in [0, 0.05) is 19.1 Å². The van der Waals surface area contributed by atoms with Gasteiger partial charge in [-0.3, -0.25) is 4.79 Å². The summed E-state index contributed by atoms with van der Waals surface area (Å²) >= 11 is 1.31. The summed E-state index contributed by atoms with van der Waals surface area (Å²) < 4.78 is 0. The molecule has 0 radical (unpaired) electrons. The van der Waals surface area contributed by atoms with Crippen molar-refractivity contribution in [3.05, 3.63) is 4.88 Å². The molecule has 1 amide bonds. The van der Waals surface area contributed by atoms with Crippen molar-refractivity contribution >= 4 is 28.2 Å². The number of carbonyl (C=O) groups excluding carboxylic acids is 1. The second kappa shape index (κ2) is 6.90. The SMILES string of the molecule is CCNc1nc(N)c(C(=O)NC2CCCN(CC)C2)s1. The topological polar surface area (TPSA) is 83.3 Å². The van der Waals surface area contributed by atoms with E-state index in [1.165, 1.54) is 11.3 Å². The minimum atomic E-state index is -0.105. The highest BCUT2D eigenvalue weighted by molar-refractivity contribution is 7.18. The van der Waals surface area contributed by atoms with Crippen LogP contribution in [0.25, 0.3) is 0 Å². The Kier molecular flexibility index (Phi) is 5.19. The van der Waals surface area contributed by atoms with Gasteiger partial charge >= 0.3 is 0 Å². The molecule has 1 unspecified atom stereocenters. The van der Waals surface area contributed by atoms with Crippen LogP contribution < -0.4 is 16.4 Å². The van der Waals surface area contributed by atoms with Crippen LogP contribution in [0.15, 0.2) is 0 Å². The maximum absolute atomic E-state index is 12.3. The van der Waals surface area contributed by atoms with Crippen molar-refractivity contribution in [2.24, 2.45) is 0 Å². The lowest BCUT2D eigenvalue weighted by Gasteiger charge is -2.32. The lowest BCUT2D eigenvalue weighted by atomic mass is 10.1. The van der Waals surface area contributed by atoms with Crippen LogP contribution in [0.2, 0.25) is 0 Å². The predicted octanol–water partition coefficient (Wildman–Crippen LogP) is 1.37. The molecule has 2 rings (SSSR count). The number of rotatable bonds is 5. The molecule has 1 aliphatic rings. The van der Waals surface area contributed by atoms with E-state index in [1.807, 2.05) is 6.92 Å². The molecule has 20 heavy (non-hydrogen) atoms. The van der Waals surface area contributed by atoms with E-state index in [1.54, 1.807) is 0 Å². The van der Waals surface area contributed by atoms with Crippen LogP contribution in [0.5, 0.6) is 0 Å². The van der Waals surface area contributed by atoms with Crippen LogP contribution in [0.3, 0.4) is 0 Å². The molecule has 0 aliphatic carbocycles. The van der Waals surface area contributed by atoms with Crippen LogP contribution in [-0.4, -0.2) is 48.0 Å². The zero-order valence-electron chi connectivity index (χ0n) is 12.1. The molecule has 2 heterocycles. The molecule has 1 fully saturated rings. The van der Waals surface area contributed by atoms with E-state index in [9.17, 15) is 4.79 Å². The number of likely N-dealkylation sites (tertiary alicyclic amines) is 1. The van der Waals surface area contributed by atoms with E-state index in [4.69, 9.17) is 5.73 Å². The number of hydrogen-bond donors (Lipinski definition) is 3. The fraction of sp³-hybridized carbons (Fsp3) is 0.692. The molecular formula is C13H23N5OS. The number of nitrogens with one attached hydrogen (secondary N) is 2. The molecule has 112 valence electrons.